The number of hydrogen-bond donors (Lipinski definition) is 1. The number of benzene rings is 2. The molecule has 0 amide bonds. The summed E-state index contributed by atoms with van der Waals surface area (Å²) in [5, 5.41) is 17.3. The molecule has 2 aromatic heterocycles. The van der Waals surface area contributed by atoms with E-state index in [4.69, 9.17) is 30.9 Å². The Balaban J connectivity index is 1.52. The lowest BCUT2D eigenvalue weighted by molar-refractivity contribution is -0.000644. The van der Waals surface area contributed by atoms with Crippen molar-refractivity contribution < 1.29 is 24.1 Å². The highest BCUT2D eigenvalue weighted by atomic mass is 35.5. The molecular weight excluding hydrogens is 484 g/mol. The van der Waals surface area contributed by atoms with Gasteiger partial charge >= 0.3 is 5.97 Å². The molecule has 1 N–H and O–H groups in total. The van der Waals surface area contributed by atoms with Crippen molar-refractivity contribution in [2.24, 2.45) is 0 Å². The molecule has 3 heterocycles. The molecule has 0 unspecified atom stereocenters. The minimum atomic E-state index is -1.10. The number of methoxy groups -OCH3 is 2. The Morgan fingerprint density at radius 2 is 2.00 bits per heavy atom. The summed E-state index contributed by atoms with van der Waals surface area (Å²) in [6, 6.07) is 15.6. The maximum absolute atomic E-state index is 11.1. The van der Waals surface area contributed by atoms with E-state index in [1.165, 1.54) is 10.9 Å². The molecule has 2 atom stereocenters. The van der Waals surface area contributed by atoms with Crippen molar-refractivity contribution in [1.29, 1.82) is 0 Å². The molecule has 1 aliphatic rings. The van der Waals surface area contributed by atoms with Gasteiger partial charge in [0.25, 0.3) is 0 Å². The lowest BCUT2D eigenvalue weighted by Gasteiger charge is -2.25. The van der Waals surface area contributed by atoms with Crippen molar-refractivity contribution in [3.63, 3.8) is 0 Å². The monoisotopic (exact) mass is 508 g/mol. The molecule has 5 rings (SSSR count). The number of hydrogen-bond acceptors (Lipinski definition) is 6. The van der Waals surface area contributed by atoms with E-state index < -0.39 is 12.1 Å². The number of aromatic carboxylic acids is 1. The van der Waals surface area contributed by atoms with Crippen LogP contribution in [0.4, 0.5) is 0 Å². The highest BCUT2D eigenvalue weighted by molar-refractivity contribution is 6.30. The third-order valence-corrected chi connectivity index (χ3v) is 6.50. The second-order valence-corrected chi connectivity index (χ2v) is 8.84. The van der Waals surface area contributed by atoms with Crippen LogP contribution in [0.3, 0.4) is 0 Å². The summed E-state index contributed by atoms with van der Waals surface area (Å²) in [6.45, 7) is 0.507. The SMILES string of the molecule is COc1cccc([C@H]2O[C@H](CCCn3cc(C(=O)O)nn3)c3cccn3-c3ccc(Cl)cc32)c1OC. The predicted molar refractivity (Wildman–Crippen MR) is 132 cm³/mol. The van der Waals surface area contributed by atoms with Gasteiger partial charge < -0.3 is 23.9 Å². The van der Waals surface area contributed by atoms with E-state index in [0.717, 1.165) is 22.5 Å². The number of ether oxygens (including phenoxy) is 3. The second kappa shape index (κ2) is 10.0. The molecule has 4 aromatic rings. The molecule has 0 aliphatic carbocycles. The van der Waals surface area contributed by atoms with Crippen LogP contribution in [-0.4, -0.2) is 44.9 Å². The van der Waals surface area contributed by atoms with Crippen LogP contribution in [0, 0.1) is 0 Å². The molecule has 0 saturated heterocycles. The zero-order chi connectivity index (χ0) is 25.2. The molecule has 0 radical (unpaired) electrons. The Kier molecular flexibility index (Phi) is 6.67. The van der Waals surface area contributed by atoms with Gasteiger partial charge in [-0.25, -0.2) is 4.79 Å². The van der Waals surface area contributed by atoms with Gasteiger partial charge in [0.1, 0.15) is 6.10 Å². The first-order valence-electron chi connectivity index (χ1n) is 11.5. The van der Waals surface area contributed by atoms with Crippen LogP contribution in [0.1, 0.15) is 52.4 Å². The highest BCUT2D eigenvalue weighted by Crippen LogP contribution is 2.46. The zero-order valence-corrected chi connectivity index (χ0v) is 20.6. The van der Waals surface area contributed by atoms with Crippen molar-refractivity contribution >= 4 is 17.6 Å². The fourth-order valence-corrected chi connectivity index (χ4v) is 4.84. The third kappa shape index (κ3) is 4.43. The van der Waals surface area contributed by atoms with E-state index >= 15 is 0 Å². The van der Waals surface area contributed by atoms with Gasteiger partial charge in [-0.1, -0.05) is 28.9 Å². The van der Waals surface area contributed by atoms with Gasteiger partial charge in [0.15, 0.2) is 17.2 Å². The van der Waals surface area contributed by atoms with E-state index in [2.05, 4.69) is 14.9 Å². The lowest BCUT2D eigenvalue weighted by atomic mass is 9.98. The molecule has 186 valence electrons. The molecule has 0 saturated carbocycles. The van der Waals surface area contributed by atoms with Crippen molar-refractivity contribution in [2.75, 3.05) is 14.2 Å². The number of para-hydroxylation sites is 1. The van der Waals surface area contributed by atoms with Crippen LogP contribution in [0.25, 0.3) is 5.69 Å². The quantitative estimate of drug-likeness (QED) is 0.354. The summed E-state index contributed by atoms with van der Waals surface area (Å²) < 4.78 is 21.8. The van der Waals surface area contributed by atoms with Crippen LogP contribution in [-0.2, 0) is 11.3 Å². The van der Waals surface area contributed by atoms with Crippen LogP contribution < -0.4 is 9.47 Å². The van der Waals surface area contributed by atoms with Crippen LogP contribution in [0.2, 0.25) is 5.02 Å². The van der Waals surface area contributed by atoms with Crippen LogP contribution >= 0.6 is 11.6 Å². The first kappa shape index (κ1) is 23.9. The summed E-state index contributed by atoms with van der Waals surface area (Å²) in [5.41, 5.74) is 3.65. The van der Waals surface area contributed by atoms with Gasteiger partial charge in [-0.05, 0) is 49.2 Å². The number of carboxylic acids is 1. The summed E-state index contributed by atoms with van der Waals surface area (Å²) in [6.07, 6.45) is 4.06. The van der Waals surface area contributed by atoms with Gasteiger partial charge in [-0.2, -0.15) is 0 Å². The molecular formula is C26H25ClN4O5. The number of carboxylic acid groups (broad SMARTS) is 1. The standard InChI is InChI=1S/C26H25ClN4O5/c1-34-23-8-3-6-17(25(23)35-2)24-18-14-16(27)10-11-20(18)31-13-4-7-21(31)22(36-24)9-5-12-30-15-19(26(32)33)28-29-30/h3-4,6-8,10-11,13-15,22,24H,5,9,12H2,1-2H3,(H,32,33)/t22-,24-/m1/s1. The van der Waals surface area contributed by atoms with Crippen molar-refractivity contribution in [1.82, 2.24) is 19.6 Å². The maximum Gasteiger partial charge on any atom is 0.358 e. The van der Waals surface area contributed by atoms with E-state index in [0.29, 0.717) is 35.9 Å². The number of aromatic nitrogens is 4. The molecule has 0 fully saturated rings. The number of halogens is 1. The van der Waals surface area contributed by atoms with Gasteiger partial charge in [0.2, 0.25) is 0 Å². The molecule has 10 heteroatoms. The summed E-state index contributed by atoms with van der Waals surface area (Å²) in [7, 11) is 3.22. The first-order valence-corrected chi connectivity index (χ1v) is 11.8. The Bertz CT molecular complexity index is 1400. The van der Waals surface area contributed by atoms with Gasteiger partial charge in [-0.15, -0.1) is 5.10 Å². The van der Waals surface area contributed by atoms with Crippen molar-refractivity contribution in [3.05, 3.63) is 88.5 Å². The van der Waals surface area contributed by atoms with Crippen molar-refractivity contribution in [2.45, 2.75) is 31.6 Å². The normalized spacial score (nSPS) is 16.6. The fourth-order valence-electron chi connectivity index (χ4n) is 4.66. The predicted octanol–water partition coefficient (Wildman–Crippen LogP) is 5.08. The zero-order valence-electron chi connectivity index (χ0n) is 19.8. The molecule has 2 aromatic carbocycles. The number of fused-ring (bicyclic) bond motifs is 3. The average molecular weight is 509 g/mol. The fraction of sp³-hybridized carbons (Fsp3) is 0.269. The Hall–Kier alpha value is -3.82. The smallest absolute Gasteiger partial charge is 0.358 e. The number of rotatable bonds is 8. The molecule has 0 spiro atoms. The van der Waals surface area contributed by atoms with Crippen LogP contribution in [0.15, 0.2) is 60.9 Å². The van der Waals surface area contributed by atoms with Gasteiger partial charge in [0, 0.05) is 28.9 Å². The van der Waals surface area contributed by atoms with Gasteiger partial charge in [0.05, 0.1) is 37.9 Å². The maximum atomic E-state index is 11.1. The third-order valence-electron chi connectivity index (χ3n) is 6.27. The van der Waals surface area contributed by atoms with E-state index in [9.17, 15) is 4.79 Å². The van der Waals surface area contributed by atoms with E-state index in [-0.39, 0.29) is 11.8 Å². The summed E-state index contributed by atoms with van der Waals surface area (Å²) in [5.74, 6) is 0.116. The van der Waals surface area contributed by atoms with E-state index in [1.54, 1.807) is 14.2 Å². The van der Waals surface area contributed by atoms with Crippen LogP contribution in [0.5, 0.6) is 11.5 Å². The number of aryl methyl sites for hydroxylation is 1. The second-order valence-electron chi connectivity index (χ2n) is 8.41. The minimum absolute atomic E-state index is 0.0768. The molecule has 9 nitrogen and oxygen atoms in total. The van der Waals surface area contributed by atoms with E-state index in [1.807, 2.05) is 54.7 Å². The topological polar surface area (TPSA) is 101 Å². The van der Waals surface area contributed by atoms with Crippen molar-refractivity contribution in [3.8, 4) is 17.2 Å². The Morgan fingerprint density at radius 3 is 2.75 bits per heavy atom. The summed E-state index contributed by atoms with van der Waals surface area (Å²) in [4.78, 5) is 11.1. The molecule has 1 aliphatic heterocycles. The first-order chi connectivity index (χ1) is 17.5. The average Bonchev–Trinajstić information content (AvgIpc) is 3.54. The Morgan fingerprint density at radius 1 is 1.14 bits per heavy atom. The lowest BCUT2D eigenvalue weighted by Crippen LogP contribution is -2.13. The molecule has 36 heavy (non-hydrogen) atoms. The largest absolute Gasteiger partial charge is 0.493 e. The Labute approximate surface area is 212 Å². The number of carbonyl (C=O) groups is 1. The minimum Gasteiger partial charge on any atom is -0.493 e. The number of nitrogens with zero attached hydrogens (tertiary/aromatic N) is 4. The summed E-state index contributed by atoms with van der Waals surface area (Å²) >= 11 is 6.45. The van der Waals surface area contributed by atoms with Gasteiger partial charge in [-0.3, -0.25) is 4.68 Å². The molecule has 0 bridgehead atoms. The highest BCUT2D eigenvalue weighted by Gasteiger charge is 2.32.